The molecule has 1 fully saturated rings. The number of nitrogens with two attached hydrogens (primary N) is 1. The Morgan fingerprint density at radius 2 is 1.72 bits per heavy atom. The molecule has 0 radical (unpaired) electrons. The number of nitrogens with zero attached hydrogens (tertiary/aromatic N) is 2. The summed E-state index contributed by atoms with van der Waals surface area (Å²) in [6.07, 6.45) is -2.35. The number of phenolic OH excluding ortho intramolecular Hbond substituents is 1. The molecule has 4 N–H and O–H groups in total. The molecule has 228 valence electrons. The van der Waals surface area contributed by atoms with Crippen LogP contribution in [-0.4, -0.2) is 75.7 Å². The minimum Gasteiger partial charge on any atom is -0.508 e. The molecule has 1 aliphatic rings. The van der Waals surface area contributed by atoms with Gasteiger partial charge in [0.25, 0.3) is 11.8 Å². The summed E-state index contributed by atoms with van der Waals surface area (Å²) in [7, 11) is 1.47. The summed E-state index contributed by atoms with van der Waals surface area (Å²) in [5.41, 5.74) is 6.20. The van der Waals surface area contributed by atoms with Crippen molar-refractivity contribution < 1.29 is 33.7 Å². The molecule has 1 saturated heterocycles. The summed E-state index contributed by atoms with van der Waals surface area (Å²) in [5.74, 6) is -2.85. The van der Waals surface area contributed by atoms with Crippen LogP contribution in [0.25, 0.3) is 0 Å². The van der Waals surface area contributed by atoms with Crippen molar-refractivity contribution in [3.63, 3.8) is 0 Å². The highest BCUT2D eigenvalue weighted by Crippen LogP contribution is 2.39. The van der Waals surface area contributed by atoms with Crippen molar-refractivity contribution in [2.75, 3.05) is 13.7 Å². The summed E-state index contributed by atoms with van der Waals surface area (Å²) < 4.78 is 20.6. The molecule has 43 heavy (non-hydrogen) atoms. The van der Waals surface area contributed by atoms with E-state index in [1.54, 1.807) is 51.1 Å². The third-order valence-electron chi connectivity index (χ3n) is 8.45. The molecule has 4 atom stereocenters. The number of ether oxygens (including phenoxy) is 1. The molecular weight excluding hydrogens is 553 g/mol. The van der Waals surface area contributed by atoms with E-state index in [2.05, 4.69) is 0 Å². The number of amides is 3. The maximum absolute atomic E-state index is 15.0. The molecular formula is C33H38FN3O6. The van der Waals surface area contributed by atoms with Gasteiger partial charge in [-0.2, -0.15) is 0 Å². The van der Waals surface area contributed by atoms with E-state index in [4.69, 9.17) is 10.5 Å². The van der Waals surface area contributed by atoms with Crippen molar-refractivity contribution in [3.8, 4) is 5.75 Å². The van der Waals surface area contributed by atoms with Crippen LogP contribution in [0.5, 0.6) is 5.75 Å². The number of carbonyl (C=O) groups is 3. The summed E-state index contributed by atoms with van der Waals surface area (Å²) in [4.78, 5) is 43.4. The van der Waals surface area contributed by atoms with Crippen molar-refractivity contribution in [2.24, 2.45) is 11.1 Å². The molecule has 0 saturated carbocycles. The fourth-order valence-electron chi connectivity index (χ4n) is 5.95. The number of primary amides is 1. The number of likely N-dealkylation sites (tertiary alicyclic amines) is 1. The van der Waals surface area contributed by atoms with E-state index in [0.29, 0.717) is 11.1 Å². The van der Waals surface area contributed by atoms with Crippen LogP contribution >= 0.6 is 0 Å². The highest BCUT2D eigenvalue weighted by molar-refractivity contribution is 5.97. The van der Waals surface area contributed by atoms with Gasteiger partial charge in [0.1, 0.15) is 17.6 Å². The van der Waals surface area contributed by atoms with Gasteiger partial charge < -0.3 is 30.5 Å². The van der Waals surface area contributed by atoms with E-state index in [1.165, 1.54) is 53.3 Å². The molecule has 0 unspecified atom stereocenters. The predicted octanol–water partition coefficient (Wildman–Crippen LogP) is 3.19. The Kier molecular flexibility index (Phi) is 9.52. The van der Waals surface area contributed by atoms with Crippen LogP contribution in [0.1, 0.15) is 40.9 Å². The van der Waals surface area contributed by atoms with E-state index in [1.807, 2.05) is 6.07 Å². The number of aliphatic hydroxyl groups excluding tert-OH is 1. The predicted molar refractivity (Wildman–Crippen MR) is 158 cm³/mol. The Labute approximate surface area is 250 Å². The first-order valence-corrected chi connectivity index (χ1v) is 14.1. The first-order chi connectivity index (χ1) is 20.4. The second kappa shape index (κ2) is 12.9. The van der Waals surface area contributed by atoms with Crippen molar-refractivity contribution in [3.05, 3.63) is 101 Å². The lowest BCUT2D eigenvalue weighted by Gasteiger charge is -2.38. The molecule has 0 spiro atoms. The molecule has 9 nitrogen and oxygen atoms in total. The number of methoxy groups -OCH3 is 1. The molecule has 4 rings (SSSR count). The van der Waals surface area contributed by atoms with Crippen LogP contribution in [0.3, 0.4) is 0 Å². The largest absolute Gasteiger partial charge is 0.508 e. The molecule has 3 aromatic carbocycles. The van der Waals surface area contributed by atoms with Gasteiger partial charge in [-0.05, 0) is 37.1 Å². The number of halogens is 1. The molecule has 1 aliphatic heterocycles. The van der Waals surface area contributed by atoms with E-state index < -0.39 is 53.2 Å². The van der Waals surface area contributed by atoms with Gasteiger partial charge in [0, 0.05) is 42.3 Å². The Bertz CT molecular complexity index is 1480. The van der Waals surface area contributed by atoms with Crippen molar-refractivity contribution in [1.29, 1.82) is 0 Å². The van der Waals surface area contributed by atoms with Crippen LogP contribution < -0.4 is 5.73 Å². The minimum absolute atomic E-state index is 0.00200. The quantitative estimate of drug-likeness (QED) is 0.332. The van der Waals surface area contributed by atoms with Gasteiger partial charge in [0.05, 0.1) is 12.1 Å². The van der Waals surface area contributed by atoms with Gasteiger partial charge in [0.2, 0.25) is 5.91 Å². The topological polar surface area (TPSA) is 133 Å². The first-order valence-electron chi connectivity index (χ1n) is 14.1. The van der Waals surface area contributed by atoms with Crippen LogP contribution in [-0.2, 0) is 27.3 Å². The zero-order valence-electron chi connectivity index (χ0n) is 24.7. The number of hydrogen-bond donors (Lipinski definition) is 3. The molecule has 3 amide bonds. The summed E-state index contributed by atoms with van der Waals surface area (Å²) in [5, 5.41) is 22.2. The van der Waals surface area contributed by atoms with Crippen molar-refractivity contribution >= 4 is 17.7 Å². The first kappa shape index (κ1) is 31.7. The Morgan fingerprint density at radius 1 is 1.07 bits per heavy atom. The third-order valence-corrected chi connectivity index (χ3v) is 8.45. The molecule has 0 aromatic heterocycles. The van der Waals surface area contributed by atoms with Crippen LogP contribution in [0.2, 0.25) is 0 Å². The molecule has 1 heterocycles. The number of hydrogen-bond acceptors (Lipinski definition) is 6. The van der Waals surface area contributed by atoms with Gasteiger partial charge in [-0.3, -0.25) is 14.4 Å². The molecule has 0 aliphatic carbocycles. The van der Waals surface area contributed by atoms with Crippen LogP contribution in [0.15, 0.2) is 72.8 Å². The SMILES string of the molecule is CO[C@@H]1CN(C(=O)[C@@H](O)[C@H](Cc2ccccc2)N(Cc2ccccc2F)C(=O)c2cccc(O)c2C)[C@H](C(N)=O)C1(C)C. The standard InChI is InChI=1S/C33H38FN3O6/c1-20-23(14-10-16-26(20)38)31(41)36(18-22-13-8-9-15-24(22)34)25(17-21-11-6-5-7-12-21)28(39)32(42)37-19-27(43-4)33(2,3)29(37)30(35)40/h5-16,25,27-29,38-39H,17-19H2,1-4H3,(H2,35,40)/t25-,27+,28-,29+/m0/s1. The number of carbonyl (C=O) groups excluding carboxylic acids is 3. The second-order valence-corrected chi connectivity index (χ2v) is 11.5. The molecule has 0 bridgehead atoms. The van der Waals surface area contributed by atoms with Gasteiger partial charge in [-0.15, -0.1) is 0 Å². The fraction of sp³-hybridized carbons (Fsp3) is 0.364. The molecule has 10 heteroatoms. The number of benzene rings is 3. The number of aromatic hydroxyl groups is 1. The van der Waals surface area contributed by atoms with Crippen molar-refractivity contribution in [1.82, 2.24) is 9.80 Å². The van der Waals surface area contributed by atoms with E-state index in [0.717, 1.165) is 0 Å². The third kappa shape index (κ3) is 6.40. The normalized spacial score (nSPS) is 19.1. The highest BCUT2D eigenvalue weighted by atomic mass is 19.1. The summed E-state index contributed by atoms with van der Waals surface area (Å²) in [6.45, 7) is 4.81. The molecule has 3 aromatic rings. The van der Waals surface area contributed by atoms with Crippen LogP contribution in [0.4, 0.5) is 4.39 Å². The number of aliphatic hydroxyl groups is 1. The van der Waals surface area contributed by atoms with E-state index in [9.17, 15) is 29.0 Å². The summed E-state index contributed by atoms with van der Waals surface area (Å²) >= 11 is 0. The van der Waals surface area contributed by atoms with Gasteiger partial charge >= 0.3 is 0 Å². The van der Waals surface area contributed by atoms with Gasteiger partial charge in [-0.1, -0.05) is 68.4 Å². The van der Waals surface area contributed by atoms with Crippen molar-refractivity contribution in [2.45, 2.75) is 58.0 Å². The number of rotatable bonds is 10. The monoisotopic (exact) mass is 591 g/mol. The summed E-state index contributed by atoms with van der Waals surface area (Å²) in [6, 6.07) is 17.1. The zero-order chi connectivity index (χ0) is 31.5. The Morgan fingerprint density at radius 3 is 2.35 bits per heavy atom. The second-order valence-electron chi connectivity index (χ2n) is 11.5. The zero-order valence-corrected chi connectivity index (χ0v) is 24.7. The van der Waals surface area contributed by atoms with E-state index in [-0.39, 0.29) is 36.4 Å². The lowest BCUT2D eigenvalue weighted by Crippen LogP contribution is -2.58. The Hall–Kier alpha value is -4.28. The van der Waals surface area contributed by atoms with Gasteiger partial charge in [-0.25, -0.2) is 4.39 Å². The maximum Gasteiger partial charge on any atom is 0.254 e. The smallest absolute Gasteiger partial charge is 0.254 e. The Balaban J connectivity index is 1.83. The van der Waals surface area contributed by atoms with Crippen LogP contribution in [0, 0.1) is 18.2 Å². The highest BCUT2D eigenvalue weighted by Gasteiger charge is 2.54. The average molecular weight is 592 g/mol. The fourth-order valence-corrected chi connectivity index (χ4v) is 5.95. The minimum atomic E-state index is -1.83. The average Bonchev–Trinajstić information content (AvgIpc) is 3.26. The van der Waals surface area contributed by atoms with E-state index >= 15 is 0 Å². The number of phenols is 1. The van der Waals surface area contributed by atoms with Gasteiger partial charge in [0.15, 0.2) is 6.10 Å². The lowest BCUT2D eigenvalue weighted by molar-refractivity contribution is -0.148. The lowest BCUT2D eigenvalue weighted by atomic mass is 9.82. The maximum atomic E-state index is 15.0.